The van der Waals surface area contributed by atoms with Crippen LogP contribution in [-0.2, 0) is 16.1 Å². The Bertz CT molecular complexity index is 549. The van der Waals surface area contributed by atoms with E-state index in [0.717, 1.165) is 5.56 Å². The minimum absolute atomic E-state index is 0.113. The van der Waals surface area contributed by atoms with Crippen molar-refractivity contribution in [3.63, 3.8) is 0 Å². The quantitative estimate of drug-likeness (QED) is 0.659. The number of benzene rings is 1. The normalized spacial score (nSPS) is 13.0. The zero-order valence-corrected chi connectivity index (χ0v) is 14.4. The smallest absolute Gasteiger partial charge is 0.408 e. The number of carbonyl (C=O) groups is 2. The van der Waals surface area contributed by atoms with Gasteiger partial charge in [-0.25, -0.2) is 4.79 Å². The number of carbonyl (C=O) groups excluding carboxylic acids is 2. The number of rotatable bonds is 7. The third-order valence-electron chi connectivity index (χ3n) is 3.22. The number of alkyl carbamates (subject to hydrolysis) is 1. The minimum atomic E-state index is -0.727. The molecule has 0 aliphatic carbocycles. The summed E-state index contributed by atoms with van der Waals surface area (Å²) < 4.78 is 5.13. The molecular weight excluding hydrogens is 314 g/mol. The Labute approximate surface area is 141 Å². The zero-order chi connectivity index (χ0) is 17.4. The number of amides is 2. The molecule has 0 aromatic heterocycles. The Morgan fingerprint density at radius 2 is 1.78 bits per heavy atom. The van der Waals surface area contributed by atoms with E-state index in [1.165, 1.54) is 0 Å². The lowest BCUT2D eigenvalue weighted by Crippen LogP contribution is -2.53. The van der Waals surface area contributed by atoms with Gasteiger partial charge in [-0.15, -0.1) is 0 Å². The molecule has 4 N–H and O–H groups in total. The molecule has 126 valence electrons. The highest BCUT2D eigenvalue weighted by molar-refractivity contribution is 7.80. The van der Waals surface area contributed by atoms with Crippen molar-refractivity contribution in [2.24, 2.45) is 11.7 Å². The summed E-state index contributed by atoms with van der Waals surface area (Å²) in [5.74, 6) is -0.463. The second-order valence-electron chi connectivity index (χ2n) is 5.56. The summed E-state index contributed by atoms with van der Waals surface area (Å²) in [6.45, 7) is 5.48. The molecule has 0 saturated heterocycles. The molecule has 0 spiro atoms. The van der Waals surface area contributed by atoms with Gasteiger partial charge in [-0.1, -0.05) is 56.4 Å². The topological polar surface area (TPSA) is 93.4 Å². The van der Waals surface area contributed by atoms with Gasteiger partial charge in [0.1, 0.15) is 12.6 Å². The fourth-order valence-electron chi connectivity index (χ4n) is 1.80. The molecule has 6 nitrogen and oxygen atoms in total. The van der Waals surface area contributed by atoms with Crippen LogP contribution >= 0.6 is 12.2 Å². The molecule has 1 rings (SSSR count). The summed E-state index contributed by atoms with van der Waals surface area (Å²) in [6.07, 6.45) is -0.648. The standard InChI is InChI=1S/C16H23N3O3S/c1-10(2)13(15(20)18-11(3)14(17)23)19-16(21)22-9-12-7-5-4-6-8-12/h4-8,10-11,13H,9H2,1-3H3,(H2,17,23)(H,18,20)(H,19,21)/t11-,13-/m1/s1. The van der Waals surface area contributed by atoms with Crippen molar-refractivity contribution in [2.45, 2.75) is 39.5 Å². The Morgan fingerprint density at radius 3 is 2.30 bits per heavy atom. The van der Waals surface area contributed by atoms with Crippen LogP contribution in [0.3, 0.4) is 0 Å². The maximum Gasteiger partial charge on any atom is 0.408 e. The zero-order valence-electron chi connectivity index (χ0n) is 13.5. The molecule has 0 aliphatic rings. The predicted molar refractivity (Wildman–Crippen MR) is 92.8 cm³/mol. The summed E-state index contributed by atoms with van der Waals surface area (Å²) in [6, 6.07) is 8.13. The van der Waals surface area contributed by atoms with E-state index in [0.29, 0.717) is 0 Å². The minimum Gasteiger partial charge on any atom is -0.445 e. The third kappa shape index (κ3) is 6.65. The van der Waals surface area contributed by atoms with Crippen molar-refractivity contribution in [1.82, 2.24) is 10.6 Å². The average molecular weight is 337 g/mol. The first kappa shape index (κ1) is 18.9. The number of nitrogens with two attached hydrogens (primary N) is 1. The van der Waals surface area contributed by atoms with Gasteiger partial charge in [-0.3, -0.25) is 4.79 Å². The van der Waals surface area contributed by atoms with E-state index in [4.69, 9.17) is 22.7 Å². The van der Waals surface area contributed by atoms with Gasteiger partial charge >= 0.3 is 6.09 Å². The number of nitrogens with one attached hydrogen (secondary N) is 2. The van der Waals surface area contributed by atoms with Gasteiger partial charge < -0.3 is 21.1 Å². The fraction of sp³-hybridized carbons (Fsp3) is 0.438. The van der Waals surface area contributed by atoms with Gasteiger partial charge in [0.15, 0.2) is 0 Å². The molecule has 0 bridgehead atoms. The molecule has 0 radical (unpaired) electrons. The first-order valence-electron chi connectivity index (χ1n) is 7.38. The van der Waals surface area contributed by atoms with Crippen LogP contribution in [0.15, 0.2) is 30.3 Å². The molecule has 0 heterocycles. The number of thiocarbonyl (C=S) groups is 1. The van der Waals surface area contributed by atoms with Crippen molar-refractivity contribution < 1.29 is 14.3 Å². The van der Waals surface area contributed by atoms with E-state index in [-0.39, 0.29) is 23.4 Å². The van der Waals surface area contributed by atoms with Crippen LogP contribution in [-0.4, -0.2) is 29.1 Å². The summed E-state index contributed by atoms with van der Waals surface area (Å²) in [5, 5.41) is 5.24. The molecule has 0 saturated carbocycles. The van der Waals surface area contributed by atoms with E-state index in [1.54, 1.807) is 6.92 Å². The first-order chi connectivity index (χ1) is 10.8. The summed E-state index contributed by atoms with van der Waals surface area (Å²) in [7, 11) is 0. The van der Waals surface area contributed by atoms with Crippen LogP contribution < -0.4 is 16.4 Å². The number of hydrogen-bond donors (Lipinski definition) is 3. The van der Waals surface area contributed by atoms with Gasteiger partial charge in [0, 0.05) is 0 Å². The lowest BCUT2D eigenvalue weighted by Gasteiger charge is -2.23. The molecule has 7 heteroatoms. The number of ether oxygens (including phenoxy) is 1. The molecule has 0 fully saturated rings. The lowest BCUT2D eigenvalue weighted by atomic mass is 10.0. The van der Waals surface area contributed by atoms with Gasteiger partial charge in [0.2, 0.25) is 5.91 Å². The molecule has 0 unspecified atom stereocenters. The Kier molecular flexibility index (Phi) is 7.47. The second kappa shape index (κ2) is 9.09. The van der Waals surface area contributed by atoms with Crippen molar-refractivity contribution in [2.75, 3.05) is 0 Å². The van der Waals surface area contributed by atoms with Gasteiger partial charge in [0.25, 0.3) is 0 Å². The average Bonchev–Trinajstić information content (AvgIpc) is 2.51. The third-order valence-corrected chi connectivity index (χ3v) is 3.57. The van der Waals surface area contributed by atoms with Crippen LogP contribution in [0.5, 0.6) is 0 Å². The first-order valence-corrected chi connectivity index (χ1v) is 7.79. The van der Waals surface area contributed by atoms with E-state index in [1.807, 2.05) is 44.2 Å². The van der Waals surface area contributed by atoms with Crippen LogP contribution in [0, 0.1) is 5.92 Å². The van der Waals surface area contributed by atoms with Crippen LogP contribution in [0.25, 0.3) is 0 Å². The molecule has 23 heavy (non-hydrogen) atoms. The van der Waals surface area contributed by atoms with Crippen LogP contribution in [0.2, 0.25) is 0 Å². The second-order valence-corrected chi connectivity index (χ2v) is 6.03. The van der Waals surface area contributed by atoms with Crippen molar-refractivity contribution >= 4 is 29.2 Å². The molecule has 0 aliphatic heterocycles. The SMILES string of the molecule is CC(C)[C@@H](NC(=O)OCc1ccccc1)C(=O)N[C@H](C)C(N)=S. The monoisotopic (exact) mass is 337 g/mol. The summed E-state index contributed by atoms with van der Waals surface area (Å²) >= 11 is 4.82. The Hall–Kier alpha value is -2.15. The molecule has 1 aromatic rings. The van der Waals surface area contributed by atoms with Crippen molar-refractivity contribution in [1.29, 1.82) is 0 Å². The van der Waals surface area contributed by atoms with E-state index < -0.39 is 18.2 Å². The maximum absolute atomic E-state index is 12.2. The van der Waals surface area contributed by atoms with Gasteiger partial charge in [-0.05, 0) is 18.4 Å². The Morgan fingerprint density at radius 1 is 1.17 bits per heavy atom. The van der Waals surface area contributed by atoms with Crippen molar-refractivity contribution in [3.8, 4) is 0 Å². The van der Waals surface area contributed by atoms with E-state index in [2.05, 4.69) is 10.6 Å². The largest absolute Gasteiger partial charge is 0.445 e. The highest BCUT2D eigenvalue weighted by Crippen LogP contribution is 2.05. The van der Waals surface area contributed by atoms with Crippen molar-refractivity contribution in [3.05, 3.63) is 35.9 Å². The summed E-state index contributed by atoms with van der Waals surface area (Å²) in [5.41, 5.74) is 6.35. The predicted octanol–water partition coefficient (Wildman–Crippen LogP) is 1.73. The van der Waals surface area contributed by atoms with Gasteiger partial charge in [-0.2, -0.15) is 0 Å². The van der Waals surface area contributed by atoms with Crippen LogP contribution in [0.1, 0.15) is 26.3 Å². The molecule has 1 aromatic carbocycles. The van der Waals surface area contributed by atoms with E-state index in [9.17, 15) is 9.59 Å². The highest BCUT2D eigenvalue weighted by Gasteiger charge is 2.26. The van der Waals surface area contributed by atoms with E-state index >= 15 is 0 Å². The van der Waals surface area contributed by atoms with Gasteiger partial charge in [0.05, 0.1) is 11.0 Å². The van der Waals surface area contributed by atoms with Crippen LogP contribution in [0.4, 0.5) is 4.79 Å². The fourth-order valence-corrected chi connectivity index (χ4v) is 1.86. The molecule has 2 atom stereocenters. The highest BCUT2D eigenvalue weighted by atomic mass is 32.1. The Balaban J connectivity index is 2.56. The summed E-state index contributed by atoms with van der Waals surface area (Å²) in [4.78, 5) is 24.3. The maximum atomic E-state index is 12.2. The number of hydrogen-bond acceptors (Lipinski definition) is 4. The molecule has 2 amide bonds. The lowest BCUT2D eigenvalue weighted by molar-refractivity contribution is -0.124. The molecular formula is C16H23N3O3S.